The smallest absolute Gasteiger partial charge is 0.374 e. The Labute approximate surface area is 87.1 Å². The Balaban J connectivity index is 4.63. The van der Waals surface area contributed by atoms with Crippen LogP contribution in [0.15, 0.2) is 12.7 Å². The molecule has 0 N–H and O–H groups in total. The fraction of sp³-hybridized carbons (Fsp3) is 0.800. The van der Waals surface area contributed by atoms with Crippen LogP contribution in [-0.4, -0.2) is 25.1 Å². The first-order valence-electron chi connectivity index (χ1n) is 4.73. The minimum Gasteiger partial charge on any atom is -0.374 e. The number of hydrogen-bond acceptors (Lipinski definition) is 1. The van der Waals surface area contributed by atoms with Crippen molar-refractivity contribution in [2.24, 2.45) is 5.92 Å². The van der Waals surface area contributed by atoms with E-state index in [4.69, 9.17) is 0 Å². The van der Waals surface area contributed by atoms with E-state index >= 15 is 0 Å². The zero-order valence-electron chi connectivity index (χ0n) is 8.90. The van der Waals surface area contributed by atoms with E-state index in [2.05, 4.69) is 11.3 Å². The molecule has 90 valence electrons. The van der Waals surface area contributed by atoms with Crippen molar-refractivity contribution in [1.82, 2.24) is 0 Å². The Hall–Kier alpha value is -0.580. The summed E-state index contributed by atoms with van der Waals surface area (Å²) in [5.41, 5.74) is -3.27. The predicted octanol–water partition coefficient (Wildman–Crippen LogP) is 3.51. The first-order valence-corrected chi connectivity index (χ1v) is 4.73. The second-order valence-corrected chi connectivity index (χ2v) is 3.47. The number of halogens is 4. The van der Waals surface area contributed by atoms with E-state index in [1.807, 2.05) is 0 Å². The van der Waals surface area contributed by atoms with Gasteiger partial charge >= 0.3 is 6.18 Å². The van der Waals surface area contributed by atoms with Gasteiger partial charge in [0.15, 0.2) is 0 Å². The molecule has 0 spiro atoms. The van der Waals surface area contributed by atoms with E-state index in [0.29, 0.717) is 0 Å². The average molecular weight is 228 g/mol. The third-order valence-corrected chi connectivity index (χ3v) is 2.41. The Kier molecular flexibility index (Phi) is 5.28. The molecule has 5 heteroatoms. The summed E-state index contributed by atoms with van der Waals surface area (Å²) in [5, 5.41) is 0. The van der Waals surface area contributed by atoms with Crippen LogP contribution in [0.25, 0.3) is 0 Å². The molecule has 0 aliphatic rings. The second kappa shape index (κ2) is 5.49. The average Bonchev–Trinajstić information content (AvgIpc) is 2.15. The maximum absolute atomic E-state index is 13.7. The lowest BCUT2D eigenvalue weighted by Crippen LogP contribution is -2.50. The molecule has 0 bridgehead atoms. The Morgan fingerprint density at radius 3 is 2.20 bits per heavy atom. The summed E-state index contributed by atoms with van der Waals surface area (Å²) in [6, 6.07) is 0. The molecule has 0 fully saturated rings. The molecular weight excluding hydrogens is 212 g/mol. The van der Waals surface area contributed by atoms with Gasteiger partial charge in [0.25, 0.3) is 0 Å². The summed E-state index contributed by atoms with van der Waals surface area (Å²) in [5.74, 6) is -1.12. The quantitative estimate of drug-likeness (QED) is 0.384. The van der Waals surface area contributed by atoms with Crippen molar-refractivity contribution in [3.63, 3.8) is 0 Å². The van der Waals surface area contributed by atoms with Crippen LogP contribution in [0.4, 0.5) is 17.6 Å². The number of hydrogen-bond donors (Lipinski definition) is 0. The monoisotopic (exact) mass is 228 g/mol. The molecule has 2 atom stereocenters. The van der Waals surface area contributed by atoms with Gasteiger partial charge in [-0.3, -0.25) is 0 Å². The van der Waals surface area contributed by atoms with E-state index < -0.39 is 24.4 Å². The number of rotatable bonds is 6. The Morgan fingerprint density at radius 2 is 1.87 bits per heavy atom. The van der Waals surface area contributed by atoms with Gasteiger partial charge in [-0.2, -0.15) is 13.2 Å². The van der Waals surface area contributed by atoms with E-state index in [9.17, 15) is 17.6 Å². The van der Waals surface area contributed by atoms with Crippen molar-refractivity contribution in [3.8, 4) is 0 Å². The van der Waals surface area contributed by atoms with Crippen LogP contribution in [-0.2, 0) is 4.74 Å². The highest BCUT2D eigenvalue weighted by Gasteiger charge is 2.58. The predicted molar refractivity (Wildman–Crippen MR) is 50.4 cm³/mol. The van der Waals surface area contributed by atoms with Crippen molar-refractivity contribution in [1.29, 1.82) is 0 Å². The summed E-state index contributed by atoms with van der Waals surface area (Å²) in [6.45, 7) is 4.96. The fourth-order valence-electron chi connectivity index (χ4n) is 1.12. The van der Waals surface area contributed by atoms with Gasteiger partial charge in [-0.15, -0.1) is 6.58 Å². The standard InChI is InChI=1S/C10H16F4O/c1-4-6-15-7-9(11,8(3)5-2)10(12,13)14/h4,8H,1,5-7H2,2-3H3. The van der Waals surface area contributed by atoms with Crippen LogP contribution >= 0.6 is 0 Å². The SMILES string of the molecule is C=CCOCC(F)(C(C)CC)C(F)(F)F. The third-order valence-electron chi connectivity index (χ3n) is 2.41. The minimum absolute atomic E-state index is 0.0851. The van der Waals surface area contributed by atoms with E-state index in [-0.39, 0.29) is 13.0 Å². The van der Waals surface area contributed by atoms with Crippen molar-refractivity contribution < 1.29 is 22.3 Å². The van der Waals surface area contributed by atoms with Gasteiger partial charge in [-0.1, -0.05) is 26.3 Å². The maximum Gasteiger partial charge on any atom is 0.425 e. The van der Waals surface area contributed by atoms with Crippen LogP contribution in [0.3, 0.4) is 0 Å². The van der Waals surface area contributed by atoms with Crippen molar-refractivity contribution in [3.05, 3.63) is 12.7 Å². The van der Waals surface area contributed by atoms with Crippen molar-refractivity contribution in [2.45, 2.75) is 32.1 Å². The summed E-state index contributed by atoms with van der Waals surface area (Å²) < 4.78 is 55.8. The Bertz CT molecular complexity index is 202. The van der Waals surface area contributed by atoms with E-state index in [0.717, 1.165) is 0 Å². The minimum atomic E-state index is -4.90. The molecule has 0 aromatic heterocycles. The van der Waals surface area contributed by atoms with Crippen LogP contribution in [0.2, 0.25) is 0 Å². The lowest BCUT2D eigenvalue weighted by atomic mass is 9.88. The van der Waals surface area contributed by atoms with Gasteiger partial charge in [0.05, 0.1) is 13.2 Å². The van der Waals surface area contributed by atoms with Crippen molar-refractivity contribution in [2.75, 3.05) is 13.2 Å². The molecule has 0 radical (unpaired) electrons. The van der Waals surface area contributed by atoms with Gasteiger partial charge in [0.1, 0.15) is 0 Å². The highest BCUT2D eigenvalue weighted by Crippen LogP contribution is 2.41. The molecule has 0 rings (SSSR count). The molecule has 2 unspecified atom stereocenters. The maximum atomic E-state index is 13.7. The fourth-order valence-corrected chi connectivity index (χ4v) is 1.12. The zero-order valence-corrected chi connectivity index (χ0v) is 8.90. The lowest BCUT2D eigenvalue weighted by molar-refractivity contribution is -0.261. The van der Waals surface area contributed by atoms with Gasteiger partial charge in [0.2, 0.25) is 5.67 Å². The molecule has 0 aliphatic carbocycles. The molecule has 0 aliphatic heterocycles. The third kappa shape index (κ3) is 3.48. The van der Waals surface area contributed by atoms with Crippen molar-refractivity contribution >= 4 is 0 Å². The molecule has 15 heavy (non-hydrogen) atoms. The van der Waals surface area contributed by atoms with E-state index in [1.54, 1.807) is 0 Å². The summed E-state index contributed by atoms with van der Waals surface area (Å²) in [6.07, 6.45) is -3.51. The van der Waals surface area contributed by atoms with Crippen LogP contribution in [0, 0.1) is 5.92 Å². The zero-order chi connectivity index (χ0) is 12.1. The highest BCUT2D eigenvalue weighted by molar-refractivity contribution is 4.91. The topological polar surface area (TPSA) is 9.23 Å². The summed E-state index contributed by atoms with van der Waals surface area (Å²) in [4.78, 5) is 0. The van der Waals surface area contributed by atoms with Gasteiger partial charge < -0.3 is 4.74 Å². The number of ether oxygens (including phenoxy) is 1. The largest absolute Gasteiger partial charge is 0.425 e. The molecule has 0 heterocycles. The number of alkyl halides is 4. The van der Waals surface area contributed by atoms with Gasteiger partial charge in [-0.05, 0) is 0 Å². The normalized spacial score (nSPS) is 18.3. The van der Waals surface area contributed by atoms with Gasteiger partial charge in [0, 0.05) is 5.92 Å². The molecule has 0 saturated carbocycles. The molecule has 0 aromatic carbocycles. The molecule has 0 amide bonds. The molecular formula is C10H16F4O. The van der Waals surface area contributed by atoms with Crippen LogP contribution in [0.5, 0.6) is 0 Å². The van der Waals surface area contributed by atoms with Crippen LogP contribution in [0.1, 0.15) is 20.3 Å². The molecule has 0 saturated heterocycles. The molecule has 0 aromatic rings. The van der Waals surface area contributed by atoms with E-state index in [1.165, 1.54) is 19.9 Å². The first kappa shape index (κ1) is 14.4. The summed E-state index contributed by atoms with van der Waals surface area (Å²) in [7, 11) is 0. The first-order chi connectivity index (χ1) is 6.79. The second-order valence-electron chi connectivity index (χ2n) is 3.47. The lowest BCUT2D eigenvalue weighted by Gasteiger charge is -2.32. The molecule has 1 nitrogen and oxygen atoms in total. The Morgan fingerprint density at radius 1 is 1.33 bits per heavy atom. The summed E-state index contributed by atoms with van der Waals surface area (Å²) >= 11 is 0. The van der Waals surface area contributed by atoms with Crippen LogP contribution < -0.4 is 0 Å². The van der Waals surface area contributed by atoms with Gasteiger partial charge in [-0.25, -0.2) is 4.39 Å². The highest BCUT2D eigenvalue weighted by atomic mass is 19.4.